The van der Waals surface area contributed by atoms with Gasteiger partial charge in [-0.1, -0.05) is 30.3 Å². The Balaban J connectivity index is 0.00000128. The predicted molar refractivity (Wildman–Crippen MR) is 61.5 cm³/mol. The summed E-state index contributed by atoms with van der Waals surface area (Å²) in [5.74, 6) is -0.296. The molecule has 1 N–H and O–H groups in total. The molecule has 78 valence electrons. The summed E-state index contributed by atoms with van der Waals surface area (Å²) in [4.78, 5) is 14.9. The minimum absolute atomic E-state index is 0. The zero-order valence-electron chi connectivity index (χ0n) is 7.88. The molecular weight excluding hydrogens is 217 g/mol. The molecule has 1 aliphatic heterocycles. The SMILES string of the molecule is O=C1OC(Cc2ccccc2)=N/C1=C/O.[NaH]. The summed E-state index contributed by atoms with van der Waals surface area (Å²) < 4.78 is 4.85. The summed E-state index contributed by atoms with van der Waals surface area (Å²) in [6.45, 7) is 0. The van der Waals surface area contributed by atoms with Gasteiger partial charge in [0.1, 0.15) is 6.26 Å². The van der Waals surface area contributed by atoms with Gasteiger partial charge in [0.15, 0.2) is 5.70 Å². The number of nitrogens with zero attached hydrogens (tertiary/aromatic N) is 1. The van der Waals surface area contributed by atoms with Crippen LogP contribution in [0.3, 0.4) is 0 Å². The number of carbonyl (C=O) groups excluding carboxylic acids is 1. The van der Waals surface area contributed by atoms with E-state index >= 15 is 0 Å². The van der Waals surface area contributed by atoms with Crippen molar-refractivity contribution in [2.75, 3.05) is 0 Å². The summed E-state index contributed by atoms with van der Waals surface area (Å²) in [6, 6.07) is 9.53. The maximum absolute atomic E-state index is 11.0. The van der Waals surface area contributed by atoms with Crippen molar-refractivity contribution in [2.24, 2.45) is 4.99 Å². The Kier molecular flexibility index (Phi) is 4.73. The van der Waals surface area contributed by atoms with Gasteiger partial charge in [0, 0.05) is 6.42 Å². The van der Waals surface area contributed by atoms with Crippen LogP contribution in [-0.2, 0) is 16.0 Å². The molecule has 0 aromatic heterocycles. The topological polar surface area (TPSA) is 58.9 Å². The van der Waals surface area contributed by atoms with Crippen LogP contribution < -0.4 is 0 Å². The van der Waals surface area contributed by atoms with E-state index in [1.807, 2.05) is 30.3 Å². The first kappa shape index (κ1) is 13.0. The molecule has 0 aliphatic carbocycles. The molecule has 0 bridgehead atoms. The van der Waals surface area contributed by atoms with Crippen molar-refractivity contribution in [1.29, 1.82) is 0 Å². The number of ether oxygens (including phenoxy) is 1. The van der Waals surface area contributed by atoms with E-state index in [2.05, 4.69) is 4.99 Å². The fraction of sp³-hybridized carbons (Fsp3) is 0.0909. The quantitative estimate of drug-likeness (QED) is 0.354. The van der Waals surface area contributed by atoms with Crippen molar-refractivity contribution in [3.05, 3.63) is 47.9 Å². The monoisotopic (exact) mass is 227 g/mol. The number of hydrogen-bond donors (Lipinski definition) is 1. The summed E-state index contributed by atoms with van der Waals surface area (Å²) >= 11 is 0. The van der Waals surface area contributed by atoms with Crippen LogP contribution in [0.5, 0.6) is 0 Å². The second-order valence-corrected chi connectivity index (χ2v) is 3.07. The van der Waals surface area contributed by atoms with E-state index in [1.165, 1.54) is 0 Å². The van der Waals surface area contributed by atoms with E-state index in [0.29, 0.717) is 18.6 Å². The minimum atomic E-state index is -0.608. The Labute approximate surface area is 115 Å². The predicted octanol–water partition coefficient (Wildman–Crippen LogP) is 0.935. The average molecular weight is 227 g/mol. The molecule has 0 saturated carbocycles. The van der Waals surface area contributed by atoms with Crippen molar-refractivity contribution < 1.29 is 14.6 Å². The maximum atomic E-state index is 11.0. The molecule has 5 heteroatoms. The zero-order chi connectivity index (χ0) is 10.7. The van der Waals surface area contributed by atoms with E-state index in [0.717, 1.165) is 5.56 Å². The Morgan fingerprint density at radius 1 is 1.31 bits per heavy atom. The normalized spacial score (nSPS) is 16.6. The van der Waals surface area contributed by atoms with Gasteiger partial charge in [-0.15, -0.1) is 0 Å². The number of aliphatic hydroxyl groups is 1. The average Bonchev–Trinajstić information content (AvgIpc) is 2.60. The van der Waals surface area contributed by atoms with Crippen molar-refractivity contribution in [3.63, 3.8) is 0 Å². The number of aliphatic hydroxyl groups excluding tert-OH is 1. The van der Waals surface area contributed by atoms with Gasteiger partial charge in [0.25, 0.3) is 0 Å². The van der Waals surface area contributed by atoms with Gasteiger partial charge in [-0.25, -0.2) is 9.79 Å². The molecule has 0 fully saturated rings. The number of carbonyl (C=O) groups is 1. The second-order valence-electron chi connectivity index (χ2n) is 3.07. The molecular formula is C11H10NNaO3. The van der Waals surface area contributed by atoms with Crippen LogP contribution in [0.15, 0.2) is 47.3 Å². The molecule has 16 heavy (non-hydrogen) atoms. The summed E-state index contributed by atoms with van der Waals surface area (Å²) in [5, 5.41) is 8.65. The third-order valence-corrected chi connectivity index (χ3v) is 1.99. The van der Waals surface area contributed by atoms with Crippen LogP contribution in [0.2, 0.25) is 0 Å². The van der Waals surface area contributed by atoms with Crippen LogP contribution >= 0.6 is 0 Å². The van der Waals surface area contributed by atoms with Gasteiger partial charge < -0.3 is 9.84 Å². The molecule has 1 heterocycles. The molecule has 1 aliphatic rings. The van der Waals surface area contributed by atoms with Gasteiger partial charge in [-0.05, 0) is 5.56 Å². The summed E-state index contributed by atoms with van der Waals surface area (Å²) in [5.41, 5.74) is 0.948. The van der Waals surface area contributed by atoms with E-state index in [4.69, 9.17) is 9.84 Å². The molecule has 0 amide bonds. The molecule has 1 aromatic rings. The first-order valence-electron chi connectivity index (χ1n) is 4.47. The van der Waals surface area contributed by atoms with E-state index in [1.54, 1.807) is 0 Å². The van der Waals surface area contributed by atoms with Crippen LogP contribution in [0, 0.1) is 0 Å². The standard InChI is InChI=1S/C11H9NO3.Na.H/c13-7-9-11(14)15-10(12-9)6-8-4-2-1-3-5-8;;/h1-5,7,13H,6H2;;/b9-7+;;. The molecule has 2 rings (SSSR count). The van der Waals surface area contributed by atoms with Crippen molar-refractivity contribution in [3.8, 4) is 0 Å². The Morgan fingerprint density at radius 2 is 2.00 bits per heavy atom. The van der Waals surface area contributed by atoms with Crippen LogP contribution in [0.25, 0.3) is 0 Å². The fourth-order valence-corrected chi connectivity index (χ4v) is 1.29. The number of rotatable bonds is 2. The van der Waals surface area contributed by atoms with E-state index < -0.39 is 5.97 Å². The van der Waals surface area contributed by atoms with E-state index in [9.17, 15) is 4.79 Å². The molecule has 1 aromatic carbocycles. The molecule has 0 unspecified atom stereocenters. The first-order chi connectivity index (χ1) is 7.29. The first-order valence-corrected chi connectivity index (χ1v) is 4.47. The van der Waals surface area contributed by atoms with Crippen LogP contribution in [0.4, 0.5) is 0 Å². The van der Waals surface area contributed by atoms with Gasteiger partial charge in [-0.3, -0.25) is 0 Å². The van der Waals surface area contributed by atoms with Gasteiger partial charge in [-0.2, -0.15) is 0 Å². The second kappa shape index (κ2) is 5.84. The molecule has 0 saturated heterocycles. The molecule has 0 radical (unpaired) electrons. The summed E-state index contributed by atoms with van der Waals surface area (Å²) in [6.07, 6.45) is 1.10. The van der Waals surface area contributed by atoms with Crippen LogP contribution in [-0.4, -0.2) is 46.5 Å². The van der Waals surface area contributed by atoms with E-state index in [-0.39, 0.29) is 35.3 Å². The third-order valence-electron chi connectivity index (χ3n) is 1.99. The number of esters is 1. The summed E-state index contributed by atoms with van der Waals surface area (Å²) in [7, 11) is 0. The van der Waals surface area contributed by atoms with Gasteiger partial charge >= 0.3 is 35.5 Å². The number of hydrogen-bond acceptors (Lipinski definition) is 4. The van der Waals surface area contributed by atoms with Gasteiger partial charge in [0.2, 0.25) is 5.90 Å². The van der Waals surface area contributed by atoms with Crippen molar-refractivity contribution in [2.45, 2.75) is 6.42 Å². The Morgan fingerprint density at radius 3 is 2.56 bits per heavy atom. The number of benzene rings is 1. The number of cyclic esters (lactones) is 1. The fourth-order valence-electron chi connectivity index (χ4n) is 1.29. The van der Waals surface area contributed by atoms with Gasteiger partial charge in [0.05, 0.1) is 0 Å². The molecule has 4 nitrogen and oxygen atoms in total. The molecule has 0 atom stereocenters. The van der Waals surface area contributed by atoms with Crippen LogP contribution in [0.1, 0.15) is 5.56 Å². The Bertz CT molecular complexity index is 440. The zero-order valence-corrected chi connectivity index (χ0v) is 7.88. The molecule has 0 spiro atoms. The van der Waals surface area contributed by atoms with Crippen molar-refractivity contribution >= 4 is 41.4 Å². The van der Waals surface area contributed by atoms with Crippen molar-refractivity contribution in [1.82, 2.24) is 0 Å². The Hall–Kier alpha value is -1.10. The number of aliphatic imine (C=N–C) groups is 1. The third kappa shape index (κ3) is 2.95.